The molecule has 0 unspecified atom stereocenters. The molecule has 1 amide bonds. The molecule has 0 bridgehead atoms. The van der Waals surface area contributed by atoms with Crippen molar-refractivity contribution in [2.75, 3.05) is 0 Å². The van der Waals surface area contributed by atoms with Crippen molar-refractivity contribution >= 4 is 27.8 Å². The molecule has 3 N–H and O–H groups in total. The number of aromatic amines is 1. The molecule has 1 aromatic heterocycles. The molecule has 0 aliphatic heterocycles. The number of rotatable bonds is 3. The lowest BCUT2D eigenvalue weighted by molar-refractivity contribution is -0.141. The first-order valence-electron chi connectivity index (χ1n) is 5.89. The minimum atomic E-state index is -0.816. The van der Waals surface area contributed by atoms with Crippen LogP contribution in [0.25, 0.3) is 0 Å². The van der Waals surface area contributed by atoms with Gasteiger partial charge < -0.3 is 15.4 Å². The third-order valence-corrected chi connectivity index (χ3v) is 3.83. The second kappa shape index (κ2) is 5.56. The summed E-state index contributed by atoms with van der Waals surface area (Å²) in [5.74, 6) is -1.51. The van der Waals surface area contributed by atoms with Crippen LogP contribution in [0.5, 0.6) is 0 Å². The monoisotopic (exact) mass is 328 g/mol. The van der Waals surface area contributed by atoms with Crippen molar-refractivity contribution in [1.29, 1.82) is 0 Å². The Morgan fingerprint density at radius 3 is 2.74 bits per heavy atom. The lowest BCUT2D eigenvalue weighted by Crippen LogP contribution is -2.33. The van der Waals surface area contributed by atoms with Crippen molar-refractivity contribution in [2.45, 2.75) is 25.3 Å². The van der Waals surface area contributed by atoms with Crippen LogP contribution in [0.3, 0.4) is 0 Å². The number of amides is 1. The molecule has 19 heavy (non-hydrogen) atoms. The predicted molar refractivity (Wildman–Crippen MR) is 71.0 cm³/mol. The molecule has 2 atom stereocenters. The van der Waals surface area contributed by atoms with Crippen molar-refractivity contribution < 1.29 is 14.7 Å². The molecule has 1 aromatic rings. The molecule has 102 valence electrons. The fourth-order valence-electron chi connectivity index (χ4n) is 2.19. The molecule has 1 heterocycles. The maximum Gasteiger partial charge on any atom is 0.306 e. The standard InChI is InChI=1S/C12H13BrN2O4/c13-9-4-7(5-14-11(9)17)10(16)15-8-2-1-6(3-8)12(18)19/h4-6,8H,1-3H2,(H,14,17)(H,15,16)(H,18,19)/t6-,8+/m1/s1. The maximum atomic E-state index is 11.9. The average Bonchev–Trinajstić information content (AvgIpc) is 2.81. The number of hydrogen-bond acceptors (Lipinski definition) is 3. The quantitative estimate of drug-likeness (QED) is 0.774. The van der Waals surface area contributed by atoms with Gasteiger partial charge in [-0.2, -0.15) is 0 Å². The summed E-state index contributed by atoms with van der Waals surface area (Å²) in [4.78, 5) is 36.4. The normalized spacial score (nSPS) is 22.2. The number of carboxylic acid groups (broad SMARTS) is 1. The zero-order chi connectivity index (χ0) is 14.0. The molecule has 0 spiro atoms. The lowest BCUT2D eigenvalue weighted by Gasteiger charge is -2.12. The zero-order valence-corrected chi connectivity index (χ0v) is 11.6. The van der Waals surface area contributed by atoms with Crippen LogP contribution in [0.15, 0.2) is 21.5 Å². The number of aromatic nitrogens is 1. The van der Waals surface area contributed by atoms with Gasteiger partial charge in [-0.05, 0) is 41.3 Å². The Bertz CT molecular complexity index is 569. The van der Waals surface area contributed by atoms with E-state index in [1.54, 1.807) is 0 Å². The first-order valence-corrected chi connectivity index (χ1v) is 6.68. The molecule has 1 saturated carbocycles. The van der Waals surface area contributed by atoms with E-state index in [4.69, 9.17) is 5.11 Å². The molecular formula is C12H13BrN2O4. The number of pyridine rings is 1. The predicted octanol–water partition coefficient (Wildman–Crippen LogP) is 1.12. The molecular weight excluding hydrogens is 316 g/mol. The number of aliphatic carboxylic acids is 1. The van der Waals surface area contributed by atoms with Crippen LogP contribution in [0.4, 0.5) is 0 Å². The van der Waals surface area contributed by atoms with E-state index in [1.807, 2.05) is 0 Å². The van der Waals surface area contributed by atoms with Crippen molar-refractivity contribution in [3.8, 4) is 0 Å². The summed E-state index contributed by atoms with van der Waals surface area (Å²) in [5.41, 5.74) is 0.0357. The summed E-state index contributed by atoms with van der Waals surface area (Å²) in [5, 5.41) is 11.7. The minimum Gasteiger partial charge on any atom is -0.481 e. The number of halogens is 1. The Balaban J connectivity index is 2.00. The van der Waals surface area contributed by atoms with Crippen LogP contribution >= 0.6 is 15.9 Å². The fraction of sp³-hybridized carbons (Fsp3) is 0.417. The van der Waals surface area contributed by atoms with E-state index in [2.05, 4.69) is 26.2 Å². The second-order valence-corrected chi connectivity index (χ2v) is 5.44. The highest BCUT2D eigenvalue weighted by Crippen LogP contribution is 2.25. The van der Waals surface area contributed by atoms with Crippen molar-refractivity contribution in [1.82, 2.24) is 10.3 Å². The van der Waals surface area contributed by atoms with E-state index in [0.29, 0.717) is 24.8 Å². The third-order valence-electron chi connectivity index (χ3n) is 3.24. The molecule has 0 aromatic carbocycles. The Morgan fingerprint density at radius 2 is 2.16 bits per heavy atom. The number of nitrogens with one attached hydrogen (secondary N) is 2. The van der Waals surface area contributed by atoms with Gasteiger partial charge in [-0.1, -0.05) is 0 Å². The van der Waals surface area contributed by atoms with Crippen LogP contribution in [0.2, 0.25) is 0 Å². The number of carbonyl (C=O) groups excluding carboxylic acids is 1. The number of carbonyl (C=O) groups is 2. The van der Waals surface area contributed by atoms with Gasteiger partial charge in [0, 0.05) is 12.2 Å². The van der Waals surface area contributed by atoms with E-state index < -0.39 is 5.97 Å². The fourth-order valence-corrected chi connectivity index (χ4v) is 2.55. The molecule has 1 aliphatic carbocycles. The number of hydrogen-bond donors (Lipinski definition) is 3. The summed E-state index contributed by atoms with van der Waals surface area (Å²) in [6, 6.07) is 1.32. The first kappa shape index (κ1) is 13.8. The Kier molecular flexibility index (Phi) is 4.04. The van der Waals surface area contributed by atoms with Crippen molar-refractivity contribution in [2.24, 2.45) is 5.92 Å². The highest BCUT2D eigenvalue weighted by Gasteiger charge is 2.30. The average molecular weight is 329 g/mol. The number of carboxylic acids is 1. The first-order chi connectivity index (χ1) is 8.97. The highest BCUT2D eigenvalue weighted by atomic mass is 79.9. The summed E-state index contributed by atoms with van der Waals surface area (Å²) in [7, 11) is 0. The summed E-state index contributed by atoms with van der Waals surface area (Å²) in [6.07, 6.45) is 3.03. The topological polar surface area (TPSA) is 99.3 Å². The van der Waals surface area contributed by atoms with E-state index in [-0.39, 0.29) is 27.9 Å². The Hall–Kier alpha value is -1.63. The summed E-state index contributed by atoms with van der Waals surface area (Å²) in [6.45, 7) is 0. The summed E-state index contributed by atoms with van der Waals surface area (Å²) < 4.78 is 0.287. The van der Waals surface area contributed by atoms with Gasteiger partial charge in [-0.3, -0.25) is 14.4 Å². The molecule has 0 radical (unpaired) electrons. The smallest absolute Gasteiger partial charge is 0.306 e. The van der Waals surface area contributed by atoms with Gasteiger partial charge in [0.25, 0.3) is 11.5 Å². The van der Waals surface area contributed by atoms with Gasteiger partial charge in [0.1, 0.15) is 0 Å². The van der Waals surface area contributed by atoms with Crippen LogP contribution in [0, 0.1) is 5.92 Å². The van der Waals surface area contributed by atoms with E-state index >= 15 is 0 Å². The van der Waals surface area contributed by atoms with Gasteiger partial charge in [-0.25, -0.2) is 0 Å². The van der Waals surface area contributed by atoms with Crippen LogP contribution in [-0.4, -0.2) is 28.0 Å². The molecule has 7 heteroatoms. The van der Waals surface area contributed by atoms with Crippen LogP contribution in [-0.2, 0) is 4.79 Å². The van der Waals surface area contributed by atoms with Crippen molar-refractivity contribution in [3.63, 3.8) is 0 Å². The molecule has 2 rings (SSSR count). The van der Waals surface area contributed by atoms with Crippen LogP contribution < -0.4 is 10.9 Å². The van der Waals surface area contributed by atoms with Gasteiger partial charge in [0.2, 0.25) is 0 Å². The summed E-state index contributed by atoms with van der Waals surface area (Å²) >= 11 is 3.05. The van der Waals surface area contributed by atoms with E-state index in [0.717, 1.165) is 0 Å². The Labute approximate surface area is 117 Å². The van der Waals surface area contributed by atoms with Gasteiger partial charge in [0.05, 0.1) is 16.0 Å². The SMILES string of the molecule is O=C(N[C@H]1CC[C@@H](C(=O)O)C1)c1c[nH]c(=O)c(Br)c1. The van der Waals surface area contributed by atoms with E-state index in [9.17, 15) is 14.4 Å². The maximum absolute atomic E-state index is 11.9. The lowest BCUT2D eigenvalue weighted by atomic mass is 10.1. The Morgan fingerprint density at radius 1 is 1.42 bits per heavy atom. The number of H-pyrrole nitrogens is 1. The van der Waals surface area contributed by atoms with Crippen LogP contribution in [0.1, 0.15) is 29.6 Å². The molecule has 1 aliphatic rings. The van der Waals surface area contributed by atoms with Gasteiger partial charge in [0.15, 0.2) is 0 Å². The largest absolute Gasteiger partial charge is 0.481 e. The van der Waals surface area contributed by atoms with Crippen molar-refractivity contribution in [3.05, 3.63) is 32.7 Å². The van der Waals surface area contributed by atoms with Gasteiger partial charge >= 0.3 is 5.97 Å². The zero-order valence-electron chi connectivity index (χ0n) is 9.98. The highest BCUT2D eigenvalue weighted by molar-refractivity contribution is 9.10. The van der Waals surface area contributed by atoms with E-state index in [1.165, 1.54) is 12.3 Å². The second-order valence-electron chi connectivity index (χ2n) is 4.58. The minimum absolute atomic E-state index is 0.126. The third kappa shape index (κ3) is 3.23. The van der Waals surface area contributed by atoms with Gasteiger partial charge in [-0.15, -0.1) is 0 Å². The molecule has 1 fully saturated rings. The molecule has 0 saturated heterocycles. The molecule has 6 nitrogen and oxygen atoms in total.